The normalized spacial score (nSPS) is 11.7. The third-order valence-electron chi connectivity index (χ3n) is 5.51. The summed E-state index contributed by atoms with van der Waals surface area (Å²) in [5.74, 6) is 0.466. The molecule has 0 heterocycles. The quantitative estimate of drug-likeness (QED) is 0.493. The molecule has 1 atom stereocenters. The molecule has 0 aliphatic rings. The van der Waals surface area contributed by atoms with Crippen molar-refractivity contribution in [3.63, 3.8) is 0 Å². The minimum Gasteiger partial charge on any atom is -0.496 e. The van der Waals surface area contributed by atoms with E-state index < -0.39 is 0 Å². The summed E-state index contributed by atoms with van der Waals surface area (Å²) in [4.78, 5) is 26.1. The maximum Gasteiger partial charge on any atom is 0.255 e. The van der Waals surface area contributed by atoms with Crippen molar-refractivity contribution < 1.29 is 14.3 Å². The average molecular weight is 431 g/mol. The van der Waals surface area contributed by atoms with Gasteiger partial charge in [-0.05, 0) is 60.7 Å². The van der Waals surface area contributed by atoms with Crippen molar-refractivity contribution >= 4 is 17.5 Å². The van der Waals surface area contributed by atoms with Crippen LogP contribution in [0.4, 0.5) is 5.69 Å². The minimum atomic E-state index is -0.261. The van der Waals surface area contributed by atoms with Gasteiger partial charge in [0.2, 0.25) is 0 Å². The molecule has 166 valence electrons. The molecule has 0 aromatic heterocycles. The summed E-state index contributed by atoms with van der Waals surface area (Å²) in [6, 6.07) is 20.4. The molecule has 0 aliphatic carbocycles. The molecule has 5 nitrogen and oxygen atoms in total. The number of ether oxygens (including phenoxy) is 1. The van der Waals surface area contributed by atoms with E-state index in [0.717, 1.165) is 22.4 Å². The molecular formula is C27H30N2O3. The second-order valence-electron chi connectivity index (χ2n) is 8.17. The van der Waals surface area contributed by atoms with E-state index in [1.165, 1.54) is 0 Å². The molecule has 0 radical (unpaired) electrons. The number of amides is 2. The highest BCUT2D eigenvalue weighted by Crippen LogP contribution is 2.30. The lowest BCUT2D eigenvalue weighted by Crippen LogP contribution is -2.28. The first-order valence-corrected chi connectivity index (χ1v) is 10.8. The lowest BCUT2D eigenvalue weighted by atomic mass is 9.96. The zero-order valence-corrected chi connectivity index (χ0v) is 19.2. The van der Waals surface area contributed by atoms with Crippen LogP contribution >= 0.6 is 0 Å². The number of carbonyl (C=O) groups is 2. The van der Waals surface area contributed by atoms with E-state index in [9.17, 15) is 9.59 Å². The molecule has 3 aromatic carbocycles. The predicted molar refractivity (Wildman–Crippen MR) is 129 cm³/mol. The predicted octanol–water partition coefficient (Wildman–Crippen LogP) is 5.87. The van der Waals surface area contributed by atoms with Gasteiger partial charge in [0.15, 0.2) is 0 Å². The number of nitrogens with one attached hydrogen (secondary N) is 2. The third-order valence-corrected chi connectivity index (χ3v) is 5.51. The average Bonchev–Trinajstić information content (AvgIpc) is 2.79. The number of hydrogen-bond acceptors (Lipinski definition) is 3. The van der Waals surface area contributed by atoms with Crippen LogP contribution in [0.1, 0.15) is 70.1 Å². The van der Waals surface area contributed by atoms with Crippen molar-refractivity contribution in [1.82, 2.24) is 5.32 Å². The van der Waals surface area contributed by atoms with Crippen LogP contribution in [-0.4, -0.2) is 18.9 Å². The molecule has 3 rings (SSSR count). The molecule has 3 aromatic rings. The molecule has 0 spiro atoms. The molecular weight excluding hydrogens is 400 g/mol. The number of benzene rings is 3. The smallest absolute Gasteiger partial charge is 0.255 e. The lowest BCUT2D eigenvalue weighted by Gasteiger charge is -2.18. The van der Waals surface area contributed by atoms with Gasteiger partial charge in [0.25, 0.3) is 11.8 Å². The van der Waals surface area contributed by atoms with Gasteiger partial charge in [-0.25, -0.2) is 0 Å². The van der Waals surface area contributed by atoms with Gasteiger partial charge < -0.3 is 15.4 Å². The van der Waals surface area contributed by atoms with E-state index in [1.54, 1.807) is 31.4 Å². The summed E-state index contributed by atoms with van der Waals surface area (Å²) in [5.41, 5.74) is 4.23. The largest absolute Gasteiger partial charge is 0.496 e. The summed E-state index contributed by atoms with van der Waals surface area (Å²) in [6.07, 6.45) is 0. The Balaban J connectivity index is 1.84. The van der Waals surface area contributed by atoms with E-state index in [1.807, 2.05) is 56.3 Å². The number of hydrogen-bond donors (Lipinski definition) is 2. The fourth-order valence-corrected chi connectivity index (χ4v) is 3.65. The van der Waals surface area contributed by atoms with Crippen LogP contribution in [0.25, 0.3) is 0 Å². The Labute approximate surface area is 189 Å². The van der Waals surface area contributed by atoms with Gasteiger partial charge in [-0.15, -0.1) is 0 Å². The maximum atomic E-state index is 13.1. The summed E-state index contributed by atoms with van der Waals surface area (Å²) in [7, 11) is 1.63. The van der Waals surface area contributed by atoms with Gasteiger partial charge in [-0.2, -0.15) is 0 Å². The minimum absolute atomic E-state index is 0.162. The van der Waals surface area contributed by atoms with Crippen molar-refractivity contribution in [2.45, 2.75) is 39.7 Å². The summed E-state index contributed by atoms with van der Waals surface area (Å²) >= 11 is 0. The van der Waals surface area contributed by atoms with Crippen molar-refractivity contribution in [2.24, 2.45) is 0 Å². The fourth-order valence-electron chi connectivity index (χ4n) is 3.65. The van der Waals surface area contributed by atoms with Gasteiger partial charge >= 0.3 is 0 Å². The molecule has 2 amide bonds. The topological polar surface area (TPSA) is 67.4 Å². The molecule has 32 heavy (non-hydrogen) atoms. The molecule has 5 heteroatoms. The number of para-hydroxylation sites is 1. The highest BCUT2D eigenvalue weighted by molar-refractivity contribution is 6.09. The van der Waals surface area contributed by atoms with E-state index in [4.69, 9.17) is 4.74 Å². The third kappa shape index (κ3) is 5.17. The van der Waals surface area contributed by atoms with E-state index in [-0.39, 0.29) is 23.8 Å². The Bertz CT molecular complexity index is 1110. The summed E-state index contributed by atoms with van der Waals surface area (Å²) in [6.45, 7) is 7.93. The Kier molecular flexibility index (Phi) is 7.31. The number of aryl methyl sites for hydroxylation is 1. The van der Waals surface area contributed by atoms with Crippen LogP contribution in [0.2, 0.25) is 0 Å². The monoisotopic (exact) mass is 430 g/mol. The van der Waals surface area contributed by atoms with Crippen LogP contribution in [0, 0.1) is 6.92 Å². The van der Waals surface area contributed by atoms with Crippen LogP contribution in [-0.2, 0) is 0 Å². The molecule has 2 N–H and O–H groups in total. The fraction of sp³-hybridized carbons (Fsp3) is 0.259. The van der Waals surface area contributed by atoms with E-state index in [2.05, 4.69) is 24.5 Å². The second kappa shape index (κ2) is 10.1. The van der Waals surface area contributed by atoms with Gasteiger partial charge in [0, 0.05) is 5.56 Å². The Morgan fingerprint density at radius 3 is 2.16 bits per heavy atom. The Hall–Kier alpha value is -3.60. The highest BCUT2D eigenvalue weighted by atomic mass is 16.5. The molecule has 0 saturated heterocycles. The standard InChI is InChI=1S/C27H30N2O3/c1-17(2)22-16-23(18(3)15-25(22)32-5)27(31)29-24-14-10-9-13-21(24)26(30)28-19(4)20-11-7-6-8-12-20/h6-17,19H,1-5H3,(H,28,30)(H,29,31)/t19-/m1/s1. The van der Waals surface area contributed by atoms with Gasteiger partial charge in [0.1, 0.15) is 5.75 Å². The van der Waals surface area contributed by atoms with Crippen molar-refractivity contribution in [1.29, 1.82) is 0 Å². The first kappa shape index (κ1) is 23.1. The summed E-state index contributed by atoms with van der Waals surface area (Å²) < 4.78 is 5.48. The number of methoxy groups -OCH3 is 1. The molecule has 0 fully saturated rings. The molecule has 0 unspecified atom stereocenters. The van der Waals surface area contributed by atoms with Gasteiger partial charge in [-0.3, -0.25) is 9.59 Å². The first-order chi connectivity index (χ1) is 15.3. The molecule has 0 bridgehead atoms. The Morgan fingerprint density at radius 2 is 1.50 bits per heavy atom. The highest BCUT2D eigenvalue weighted by Gasteiger charge is 2.19. The maximum absolute atomic E-state index is 13.1. The second-order valence-corrected chi connectivity index (χ2v) is 8.17. The molecule has 0 aliphatic heterocycles. The van der Waals surface area contributed by atoms with Gasteiger partial charge in [-0.1, -0.05) is 56.3 Å². The van der Waals surface area contributed by atoms with Crippen molar-refractivity contribution in [2.75, 3.05) is 12.4 Å². The number of rotatable bonds is 7. The lowest BCUT2D eigenvalue weighted by molar-refractivity contribution is 0.0940. The molecule has 0 saturated carbocycles. The van der Waals surface area contributed by atoms with E-state index in [0.29, 0.717) is 16.8 Å². The zero-order chi connectivity index (χ0) is 23.3. The van der Waals surface area contributed by atoms with Crippen LogP contribution in [0.15, 0.2) is 66.7 Å². The van der Waals surface area contributed by atoms with Gasteiger partial charge in [0.05, 0.1) is 24.4 Å². The van der Waals surface area contributed by atoms with E-state index >= 15 is 0 Å². The Morgan fingerprint density at radius 1 is 0.844 bits per heavy atom. The first-order valence-electron chi connectivity index (χ1n) is 10.8. The van der Waals surface area contributed by atoms with Crippen LogP contribution in [0.5, 0.6) is 5.75 Å². The van der Waals surface area contributed by atoms with Crippen molar-refractivity contribution in [3.8, 4) is 5.75 Å². The zero-order valence-electron chi connectivity index (χ0n) is 19.2. The SMILES string of the molecule is COc1cc(C)c(C(=O)Nc2ccccc2C(=O)N[C@H](C)c2ccccc2)cc1C(C)C. The van der Waals surface area contributed by atoms with Crippen molar-refractivity contribution in [3.05, 3.63) is 94.5 Å². The number of carbonyl (C=O) groups excluding carboxylic acids is 2. The summed E-state index contributed by atoms with van der Waals surface area (Å²) in [5, 5.41) is 5.93. The van der Waals surface area contributed by atoms with Crippen LogP contribution in [0.3, 0.4) is 0 Å². The van der Waals surface area contributed by atoms with Crippen LogP contribution < -0.4 is 15.4 Å². The number of anilines is 1.